The molecule has 15 nitrogen and oxygen atoms in total. The fourth-order valence-corrected chi connectivity index (χ4v) is 3.66. The van der Waals surface area contributed by atoms with E-state index in [0.29, 0.717) is 28.2 Å². The second kappa shape index (κ2) is 18.8. The fraction of sp³-hybridized carbons (Fsp3) is 0.0588. The normalized spacial score (nSPS) is 9.61. The zero-order chi connectivity index (χ0) is 35.6. The van der Waals surface area contributed by atoms with Gasteiger partial charge in [0, 0.05) is 46.8 Å². The van der Waals surface area contributed by atoms with Gasteiger partial charge in [-0.1, -0.05) is 36.4 Å². The molecule has 0 radical (unpaired) electrons. The van der Waals surface area contributed by atoms with Crippen LogP contribution in [0.15, 0.2) is 116 Å². The number of carbonyl (C=O) groups is 5. The standard InChI is InChI=1S/C14H12N2O3.C13H11N3O3.C7H8N2O2/c1-19-14(18)12-9-11(7-8-15-12)16-13(17)10-5-3-2-4-6-10;17-12(9-4-2-1-3-5-9)15-10-6-7-14-11(8-10)13(18)16-19;1-11-7(10)6-4-5(8)2-3-9-6/h2-9H,1H3,(H,15,16,17);1-8,19H,(H,16,18)(H,14,15,17);2-4H,1H3,(H2,8,9). The van der Waals surface area contributed by atoms with Crippen LogP contribution in [0.5, 0.6) is 0 Å². The van der Waals surface area contributed by atoms with E-state index in [-0.39, 0.29) is 28.9 Å². The maximum Gasteiger partial charge on any atom is 0.356 e. The first-order valence-electron chi connectivity index (χ1n) is 14.1. The van der Waals surface area contributed by atoms with Gasteiger partial charge < -0.3 is 25.8 Å². The van der Waals surface area contributed by atoms with Gasteiger partial charge in [0.25, 0.3) is 17.7 Å². The minimum absolute atomic E-state index is 0.00774. The van der Waals surface area contributed by atoms with Crippen LogP contribution in [0.1, 0.15) is 52.2 Å². The summed E-state index contributed by atoms with van der Waals surface area (Å²) in [7, 11) is 2.58. The van der Waals surface area contributed by atoms with Crippen molar-refractivity contribution in [3.63, 3.8) is 0 Å². The van der Waals surface area contributed by atoms with Gasteiger partial charge in [0.1, 0.15) is 17.1 Å². The lowest BCUT2D eigenvalue weighted by Crippen LogP contribution is -2.20. The van der Waals surface area contributed by atoms with E-state index < -0.39 is 17.8 Å². The van der Waals surface area contributed by atoms with Gasteiger partial charge in [-0.2, -0.15) is 0 Å². The van der Waals surface area contributed by atoms with Crippen molar-refractivity contribution in [2.75, 3.05) is 30.6 Å². The number of benzene rings is 2. The Bertz CT molecular complexity index is 1780. The van der Waals surface area contributed by atoms with E-state index in [2.05, 4.69) is 35.1 Å². The fourth-order valence-electron chi connectivity index (χ4n) is 3.66. The lowest BCUT2D eigenvalue weighted by atomic mass is 10.2. The average molecular weight is 666 g/mol. The van der Waals surface area contributed by atoms with Crippen LogP contribution >= 0.6 is 0 Å². The van der Waals surface area contributed by atoms with Gasteiger partial charge in [-0.25, -0.2) is 25.0 Å². The summed E-state index contributed by atoms with van der Waals surface area (Å²) in [4.78, 5) is 68.5. The van der Waals surface area contributed by atoms with Gasteiger partial charge in [0.05, 0.1) is 14.2 Å². The maximum absolute atomic E-state index is 11.9. The zero-order valence-corrected chi connectivity index (χ0v) is 26.2. The smallest absolute Gasteiger partial charge is 0.356 e. The number of nitrogens with two attached hydrogens (primary N) is 1. The second-order valence-corrected chi connectivity index (χ2v) is 9.40. The van der Waals surface area contributed by atoms with Crippen molar-refractivity contribution < 1.29 is 38.7 Å². The lowest BCUT2D eigenvalue weighted by Gasteiger charge is -2.06. The number of carbonyl (C=O) groups excluding carboxylic acids is 5. The molecule has 250 valence electrons. The van der Waals surface area contributed by atoms with Crippen LogP contribution in [0.4, 0.5) is 17.1 Å². The molecule has 5 rings (SSSR count). The van der Waals surface area contributed by atoms with Crippen LogP contribution in [-0.4, -0.2) is 64.0 Å². The first-order chi connectivity index (χ1) is 23.6. The molecule has 0 aliphatic carbocycles. The molecular weight excluding hydrogens is 634 g/mol. The van der Waals surface area contributed by atoms with Gasteiger partial charge in [-0.05, 0) is 60.7 Å². The van der Waals surface area contributed by atoms with Gasteiger partial charge in [-0.3, -0.25) is 24.6 Å². The number of anilines is 3. The molecule has 2 aromatic carbocycles. The number of rotatable bonds is 7. The monoisotopic (exact) mass is 665 g/mol. The van der Waals surface area contributed by atoms with Gasteiger partial charge in [0.2, 0.25) is 0 Å². The Morgan fingerprint density at radius 3 is 1.41 bits per heavy atom. The third-order valence-electron chi connectivity index (χ3n) is 6.01. The summed E-state index contributed by atoms with van der Waals surface area (Å²) in [6, 6.07) is 26.5. The van der Waals surface area contributed by atoms with E-state index in [0.717, 1.165) is 0 Å². The number of pyridine rings is 3. The van der Waals surface area contributed by atoms with Crippen molar-refractivity contribution in [1.82, 2.24) is 20.4 Å². The number of aromatic nitrogens is 3. The maximum atomic E-state index is 11.9. The highest BCUT2D eigenvalue weighted by molar-refractivity contribution is 6.05. The molecule has 0 saturated carbocycles. The Morgan fingerprint density at radius 2 is 0.980 bits per heavy atom. The summed E-state index contributed by atoms with van der Waals surface area (Å²) in [5, 5.41) is 13.8. The SMILES string of the molecule is COC(=O)c1cc(N)ccn1.COC(=O)c1cc(NC(=O)c2ccccc2)ccn1.O=C(Nc1ccnc(C(=O)NO)c1)c1ccccc1. The first-order valence-corrected chi connectivity index (χ1v) is 14.1. The molecule has 3 heterocycles. The van der Waals surface area contributed by atoms with Crippen molar-refractivity contribution in [1.29, 1.82) is 0 Å². The minimum Gasteiger partial charge on any atom is -0.464 e. The number of hydrogen-bond acceptors (Lipinski definition) is 12. The van der Waals surface area contributed by atoms with Gasteiger partial charge in [0.15, 0.2) is 0 Å². The predicted molar refractivity (Wildman–Crippen MR) is 178 cm³/mol. The molecule has 6 N–H and O–H groups in total. The average Bonchev–Trinajstić information content (AvgIpc) is 3.15. The molecule has 15 heteroatoms. The molecule has 3 amide bonds. The Hall–Kier alpha value is -7.00. The molecule has 0 atom stereocenters. The van der Waals surface area contributed by atoms with Crippen LogP contribution in [0.2, 0.25) is 0 Å². The van der Waals surface area contributed by atoms with Gasteiger partial charge >= 0.3 is 11.9 Å². The zero-order valence-electron chi connectivity index (χ0n) is 26.2. The van der Waals surface area contributed by atoms with Crippen molar-refractivity contribution >= 4 is 46.7 Å². The molecule has 0 unspecified atom stereocenters. The van der Waals surface area contributed by atoms with E-state index in [1.165, 1.54) is 56.5 Å². The minimum atomic E-state index is -0.740. The summed E-state index contributed by atoms with van der Waals surface area (Å²) in [6.07, 6.45) is 4.26. The van der Waals surface area contributed by atoms with Crippen LogP contribution in [0.3, 0.4) is 0 Å². The quantitative estimate of drug-likeness (QED) is 0.0944. The largest absolute Gasteiger partial charge is 0.464 e. The molecule has 49 heavy (non-hydrogen) atoms. The molecule has 0 bridgehead atoms. The third kappa shape index (κ3) is 11.7. The third-order valence-corrected chi connectivity index (χ3v) is 6.01. The number of nitrogens with zero attached hydrogens (tertiary/aromatic N) is 3. The Labute approximate surface area is 280 Å². The van der Waals surface area contributed by atoms with E-state index in [9.17, 15) is 24.0 Å². The molecule has 0 fully saturated rings. The van der Waals surface area contributed by atoms with Crippen molar-refractivity contribution in [2.45, 2.75) is 0 Å². The topological polar surface area (TPSA) is 225 Å². The lowest BCUT2D eigenvalue weighted by molar-refractivity contribution is 0.0585. The van der Waals surface area contributed by atoms with E-state index in [4.69, 9.17) is 10.9 Å². The summed E-state index contributed by atoms with van der Waals surface area (Å²) < 4.78 is 9.00. The Morgan fingerprint density at radius 1 is 0.571 bits per heavy atom. The molecule has 0 aliphatic heterocycles. The molecule has 0 saturated heterocycles. The van der Waals surface area contributed by atoms with E-state index in [1.54, 1.807) is 66.7 Å². The number of nitrogens with one attached hydrogen (secondary N) is 3. The second-order valence-electron chi connectivity index (χ2n) is 9.40. The van der Waals surface area contributed by atoms with E-state index in [1.807, 2.05) is 12.1 Å². The van der Waals surface area contributed by atoms with Crippen LogP contribution in [0.25, 0.3) is 0 Å². The highest BCUT2D eigenvalue weighted by atomic mass is 16.5. The number of methoxy groups -OCH3 is 2. The molecule has 5 aromatic rings. The number of hydroxylamine groups is 1. The molecular formula is C34H31N7O8. The number of nitrogen functional groups attached to an aromatic ring is 1. The summed E-state index contributed by atoms with van der Waals surface area (Å²) in [5.41, 5.74) is 9.72. The van der Waals surface area contributed by atoms with E-state index >= 15 is 0 Å². The summed E-state index contributed by atoms with van der Waals surface area (Å²) in [5.74, 6) is -2.30. The Balaban J connectivity index is 0.000000207. The van der Waals surface area contributed by atoms with Crippen molar-refractivity contribution in [2.24, 2.45) is 0 Å². The number of ether oxygens (including phenoxy) is 2. The highest BCUT2D eigenvalue weighted by Crippen LogP contribution is 2.12. The van der Waals surface area contributed by atoms with Crippen molar-refractivity contribution in [3.05, 3.63) is 144 Å². The van der Waals surface area contributed by atoms with Crippen LogP contribution in [0, 0.1) is 0 Å². The number of amides is 3. The molecule has 0 aliphatic rings. The van der Waals surface area contributed by atoms with Crippen LogP contribution in [-0.2, 0) is 9.47 Å². The number of hydrogen-bond donors (Lipinski definition) is 5. The number of esters is 2. The Kier molecular flexibility index (Phi) is 14.0. The van der Waals surface area contributed by atoms with Crippen LogP contribution < -0.4 is 21.8 Å². The first kappa shape index (κ1) is 36.5. The van der Waals surface area contributed by atoms with Gasteiger partial charge in [-0.15, -0.1) is 0 Å². The summed E-state index contributed by atoms with van der Waals surface area (Å²) in [6.45, 7) is 0. The van der Waals surface area contributed by atoms with Crippen molar-refractivity contribution in [3.8, 4) is 0 Å². The predicted octanol–water partition coefficient (Wildman–Crippen LogP) is 4.02. The summed E-state index contributed by atoms with van der Waals surface area (Å²) >= 11 is 0. The molecule has 3 aromatic heterocycles. The highest BCUT2D eigenvalue weighted by Gasteiger charge is 2.11. The molecule has 0 spiro atoms.